The van der Waals surface area contributed by atoms with Gasteiger partial charge >= 0.3 is 5.97 Å². The van der Waals surface area contributed by atoms with Gasteiger partial charge in [0.15, 0.2) is 0 Å². The van der Waals surface area contributed by atoms with E-state index in [-0.39, 0.29) is 24.9 Å². The van der Waals surface area contributed by atoms with Crippen molar-refractivity contribution in [1.82, 2.24) is 5.32 Å². The molecule has 68 heavy (non-hydrogen) atoms. The fraction of sp³-hybridized carbons (Fsp3) is 0.710. The molecule has 0 aliphatic heterocycles. The number of allylic oxidation sites excluding steroid dienone is 16. The largest absolute Gasteiger partial charge is 0.462 e. The van der Waals surface area contributed by atoms with E-state index in [1.807, 2.05) is 0 Å². The second-order valence-corrected chi connectivity index (χ2v) is 19.0. The first-order chi connectivity index (χ1) is 33.5. The number of carbonyl (C=O) groups excluding carboxylic acids is 2. The molecule has 0 rings (SSSR count). The molecule has 390 valence electrons. The summed E-state index contributed by atoms with van der Waals surface area (Å²) in [6, 6.07) is -0.727. The van der Waals surface area contributed by atoms with Crippen molar-refractivity contribution in [1.29, 1.82) is 0 Å². The van der Waals surface area contributed by atoms with Gasteiger partial charge in [-0.05, 0) is 109 Å². The average molecular weight is 947 g/mol. The van der Waals surface area contributed by atoms with Gasteiger partial charge in [0, 0.05) is 6.42 Å². The standard InChI is InChI=1S/C62H107NO5/c1-4-7-10-13-16-19-22-25-28-29-30-31-34-37-40-43-46-49-52-55-62(67)68-58(53-50-47-44-41-38-35-32-26-23-20-17-14-11-8-5-2)56-61(66)63-59(57-64)60(65)54-51-48-45-42-39-36-33-27-24-21-18-15-12-9-6-3/h7,10,16-17,19-20,25-26,28,30-32,37-38,40-41,58-60,64-65H,4-6,8-9,11-15,18,21-24,27,29,33-36,39,42-57H2,1-3H3,(H,63,66)/b10-7-,19-16-,20-17-,28-25-,31-30-,32-26-,40-37-,41-38-. The lowest BCUT2D eigenvalue weighted by atomic mass is 10.0. The van der Waals surface area contributed by atoms with Crippen LogP contribution in [0.4, 0.5) is 0 Å². The Morgan fingerprint density at radius 2 is 0.794 bits per heavy atom. The second-order valence-electron chi connectivity index (χ2n) is 19.0. The maximum Gasteiger partial charge on any atom is 0.306 e. The van der Waals surface area contributed by atoms with Gasteiger partial charge in [0.2, 0.25) is 5.91 Å². The van der Waals surface area contributed by atoms with E-state index in [1.165, 1.54) is 103 Å². The van der Waals surface area contributed by atoms with Gasteiger partial charge in [0.25, 0.3) is 0 Å². The fourth-order valence-corrected chi connectivity index (χ4v) is 8.11. The number of hydrogen-bond donors (Lipinski definition) is 3. The van der Waals surface area contributed by atoms with E-state index in [2.05, 4.69) is 123 Å². The summed E-state index contributed by atoms with van der Waals surface area (Å²) in [6.07, 6.45) is 73.2. The van der Waals surface area contributed by atoms with Gasteiger partial charge < -0.3 is 20.3 Å². The van der Waals surface area contributed by atoms with E-state index >= 15 is 0 Å². The predicted molar refractivity (Wildman–Crippen MR) is 296 cm³/mol. The molecule has 0 saturated heterocycles. The first kappa shape index (κ1) is 64.8. The highest BCUT2D eigenvalue weighted by Crippen LogP contribution is 2.17. The van der Waals surface area contributed by atoms with Crippen LogP contribution in [0.3, 0.4) is 0 Å². The summed E-state index contributed by atoms with van der Waals surface area (Å²) in [5.41, 5.74) is 0. The quantitative estimate of drug-likeness (QED) is 0.0321. The normalized spacial score (nSPS) is 13.9. The molecule has 0 radical (unpaired) electrons. The number of carbonyl (C=O) groups is 2. The lowest BCUT2D eigenvalue weighted by molar-refractivity contribution is -0.151. The van der Waals surface area contributed by atoms with Crippen molar-refractivity contribution in [2.45, 2.75) is 277 Å². The van der Waals surface area contributed by atoms with Crippen molar-refractivity contribution in [2.75, 3.05) is 6.61 Å². The lowest BCUT2D eigenvalue weighted by Gasteiger charge is -2.24. The minimum absolute atomic E-state index is 0.0334. The number of amides is 1. The van der Waals surface area contributed by atoms with Crippen LogP contribution in [0.1, 0.15) is 258 Å². The number of aliphatic hydroxyl groups excluding tert-OH is 2. The monoisotopic (exact) mass is 946 g/mol. The molecule has 3 atom stereocenters. The minimum atomic E-state index is -0.810. The molecule has 0 heterocycles. The zero-order valence-corrected chi connectivity index (χ0v) is 44.5. The number of aliphatic hydroxyl groups is 2. The van der Waals surface area contributed by atoms with E-state index in [0.717, 1.165) is 109 Å². The smallest absolute Gasteiger partial charge is 0.306 e. The highest BCUT2D eigenvalue weighted by Gasteiger charge is 2.24. The topological polar surface area (TPSA) is 95.9 Å². The van der Waals surface area contributed by atoms with Crippen LogP contribution >= 0.6 is 0 Å². The fourth-order valence-electron chi connectivity index (χ4n) is 8.11. The van der Waals surface area contributed by atoms with E-state index in [0.29, 0.717) is 19.3 Å². The van der Waals surface area contributed by atoms with E-state index in [9.17, 15) is 19.8 Å². The molecular formula is C62H107NO5. The first-order valence-corrected chi connectivity index (χ1v) is 28.5. The Balaban J connectivity index is 4.69. The third-order valence-corrected chi connectivity index (χ3v) is 12.4. The van der Waals surface area contributed by atoms with Crippen LogP contribution in [0, 0.1) is 0 Å². The predicted octanol–water partition coefficient (Wildman–Crippen LogP) is 17.7. The Morgan fingerprint density at radius 3 is 1.24 bits per heavy atom. The Morgan fingerprint density at radius 1 is 0.441 bits per heavy atom. The van der Waals surface area contributed by atoms with Gasteiger partial charge in [-0.25, -0.2) is 0 Å². The van der Waals surface area contributed by atoms with Gasteiger partial charge in [-0.1, -0.05) is 234 Å². The first-order valence-electron chi connectivity index (χ1n) is 28.5. The molecule has 0 aromatic carbocycles. The summed E-state index contributed by atoms with van der Waals surface area (Å²) in [5.74, 6) is -0.552. The number of unbranched alkanes of at least 4 members (excludes halogenated alkanes) is 22. The second kappa shape index (κ2) is 54.7. The van der Waals surface area contributed by atoms with Crippen molar-refractivity contribution in [3.8, 4) is 0 Å². The van der Waals surface area contributed by atoms with Gasteiger partial charge in [0.05, 0.1) is 25.2 Å². The van der Waals surface area contributed by atoms with Crippen molar-refractivity contribution in [2.24, 2.45) is 0 Å². The summed E-state index contributed by atoms with van der Waals surface area (Å²) < 4.78 is 5.92. The van der Waals surface area contributed by atoms with Crippen LogP contribution in [-0.2, 0) is 14.3 Å². The molecule has 0 spiro atoms. The molecule has 3 unspecified atom stereocenters. The Hall–Kier alpha value is -3.22. The Labute approximate surface area is 420 Å². The van der Waals surface area contributed by atoms with Crippen molar-refractivity contribution in [3.05, 3.63) is 97.2 Å². The Kier molecular flexibility index (Phi) is 52.1. The van der Waals surface area contributed by atoms with E-state index < -0.39 is 18.2 Å². The van der Waals surface area contributed by atoms with E-state index in [1.54, 1.807) is 0 Å². The lowest BCUT2D eigenvalue weighted by Crippen LogP contribution is -2.46. The van der Waals surface area contributed by atoms with E-state index in [4.69, 9.17) is 4.74 Å². The average Bonchev–Trinajstić information content (AvgIpc) is 3.33. The molecule has 0 aliphatic carbocycles. The van der Waals surface area contributed by atoms with Gasteiger partial charge in [-0.3, -0.25) is 9.59 Å². The molecule has 0 aromatic rings. The molecule has 0 aromatic heterocycles. The van der Waals surface area contributed by atoms with Gasteiger partial charge in [-0.15, -0.1) is 0 Å². The number of nitrogens with one attached hydrogen (secondary N) is 1. The SMILES string of the molecule is CC/C=C\C/C=C\C/C=C\C/C=C\C/C=C\CCCCCC(=O)OC(CCCC/C=C\C/C=C\C/C=C\CCCCC)CC(=O)NC(CO)C(O)CCCCCCCCCCCCCCCCC. The molecule has 6 nitrogen and oxygen atoms in total. The number of esters is 1. The maximum atomic E-state index is 13.3. The molecule has 0 bridgehead atoms. The van der Waals surface area contributed by atoms with Crippen LogP contribution in [0.5, 0.6) is 0 Å². The highest BCUT2D eigenvalue weighted by atomic mass is 16.5. The zero-order chi connectivity index (χ0) is 49.5. The molecule has 3 N–H and O–H groups in total. The third kappa shape index (κ3) is 49.2. The van der Waals surface area contributed by atoms with Crippen LogP contribution < -0.4 is 5.32 Å². The van der Waals surface area contributed by atoms with Crippen LogP contribution in [0.2, 0.25) is 0 Å². The van der Waals surface area contributed by atoms with Gasteiger partial charge in [-0.2, -0.15) is 0 Å². The summed E-state index contributed by atoms with van der Waals surface area (Å²) >= 11 is 0. The van der Waals surface area contributed by atoms with Gasteiger partial charge in [0.1, 0.15) is 6.10 Å². The van der Waals surface area contributed by atoms with Crippen molar-refractivity contribution in [3.63, 3.8) is 0 Å². The van der Waals surface area contributed by atoms with Crippen LogP contribution in [0.15, 0.2) is 97.2 Å². The summed E-state index contributed by atoms with van der Waals surface area (Å²) in [6.45, 7) is 6.33. The van der Waals surface area contributed by atoms with Crippen molar-refractivity contribution >= 4 is 11.9 Å². The van der Waals surface area contributed by atoms with Crippen molar-refractivity contribution < 1.29 is 24.5 Å². The zero-order valence-electron chi connectivity index (χ0n) is 44.5. The third-order valence-electron chi connectivity index (χ3n) is 12.4. The molecule has 0 saturated carbocycles. The number of hydrogen-bond acceptors (Lipinski definition) is 5. The van der Waals surface area contributed by atoms with Crippen LogP contribution in [-0.4, -0.2) is 46.9 Å². The molecular weight excluding hydrogens is 839 g/mol. The van der Waals surface area contributed by atoms with Crippen LogP contribution in [0.25, 0.3) is 0 Å². The number of rotatable bonds is 50. The molecule has 0 aliphatic rings. The summed E-state index contributed by atoms with van der Waals surface area (Å²) in [5, 5.41) is 23.9. The highest BCUT2D eigenvalue weighted by molar-refractivity contribution is 5.77. The molecule has 0 fully saturated rings. The Bertz CT molecular complexity index is 1340. The molecule has 6 heteroatoms. The summed E-state index contributed by atoms with van der Waals surface area (Å²) in [4.78, 5) is 26.3. The summed E-state index contributed by atoms with van der Waals surface area (Å²) in [7, 11) is 0. The molecule has 1 amide bonds. The maximum absolute atomic E-state index is 13.3. The number of ether oxygens (including phenoxy) is 1. The minimum Gasteiger partial charge on any atom is -0.462 e.